The summed E-state index contributed by atoms with van der Waals surface area (Å²) in [4.78, 5) is 24.2. The van der Waals surface area contributed by atoms with E-state index in [4.69, 9.17) is 10.5 Å². The SMILES string of the molecule is C=CC(=O)Nc1cc(C)c(-c2ccc3[nH]nc(N)c3c2-c2ccc(Oc3nccc(C)n3)c(F)c2)cn1. The Labute approximate surface area is 211 Å². The zero-order valence-electron chi connectivity index (χ0n) is 20.0. The summed E-state index contributed by atoms with van der Waals surface area (Å²) in [5.74, 6) is -0.293. The number of benzene rings is 2. The molecule has 0 spiro atoms. The number of aromatic amines is 1. The molecule has 0 saturated heterocycles. The third-order valence-electron chi connectivity index (χ3n) is 5.79. The van der Waals surface area contributed by atoms with Gasteiger partial charge in [-0.05, 0) is 66.9 Å². The molecule has 9 nitrogen and oxygen atoms in total. The van der Waals surface area contributed by atoms with Gasteiger partial charge < -0.3 is 15.8 Å². The van der Waals surface area contributed by atoms with Gasteiger partial charge in [-0.2, -0.15) is 5.10 Å². The van der Waals surface area contributed by atoms with Gasteiger partial charge in [0.05, 0.1) is 10.9 Å². The van der Waals surface area contributed by atoms with Gasteiger partial charge in [-0.1, -0.05) is 18.7 Å². The van der Waals surface area contributed by atoms with Crippen LogP contribution in [0.15, 0.2) is 67.5 Å². The largest absolute Gasteiger partial charge is 0.421 e. The van der Waals surface area contributed by atoms with Crippen molar-refractivity contribution in [2.24, 2.45) is 0 Å². The second-order valence-electron chi connectivity index (χ2n) is 8.33. The number of nitrogens with one attached hydrogen (secondary N) is 2. The molecule has 0 fully saturated rings. The Hall–Kier alpha value is -5.12. The first kappa shape index (κ1) is 23.6. The maximum atomic E-state index is 15.3. The average Bonchev–Trinajstić information content (AvgIpc) is 3.25. The molecule has 5 rings (SSSR count). The van der Waals surface area contributed by atoms with Crippen molar-refractivity contribution in [3.8, 4) is 34.0 Å². The monoisotopic (exact) mass is 495 g/mol. The lowest BCUT2D eigenvalue weighted by Gasteiger charge is -2.15. The van der Waals surface area contributed by atoms with E-state index < -0.39 is 5.82 Å². The number of rotatable bonds is 6. The van der Waals surface area contributed by atoms with Crippen molar-refractivity contribution >= 4 is 28.4 Å². The van der Waals surface area contributed by atoms with Crippen LogP contribution >= 0.6 is 0 Å². The summed E-state index contributed by atoms with van der Waals surface area (Å²) in [5, 5.41) is 10.4. The highest BCUT2D eigenvalue weighted by molar-refractivity contribution is 6.08. The van der Waals surface area contributed by atoms with E-state index in [-0.39, 0.29) is 23.5 Å². The quantitative estimate of drug-likeness (QED) is 0.271. The normalized spacial score (nSPS) is 10.9. The molecule has 0 saturated carbocycles. The van der Waals surface area contributed by atoms with Crippen LogP contribution in [0, 0.1) is 19.7 Å². The number of nitrogen functional groups attached to an aromatic ring is 1. The second-order valence-corrected chi connectivity index (χ2v) is 8.33. The molecular formula is C27H22FN7O2. The number of anilines is 2. The van der Waals surface area contributed by atoms with Gasteiger partial charge in [-0.25, -0.2) is 19.3 Å². The van der Waals surface area contributed by atoms with Crippen molar-refractivity contribution < 1.29 is 13.9 Å². The zero-order valence-corrected chi connectivity index (χ0v) is 20.0. The van der Waals surface area contributed by atoms with E-state index in [1.54, 1.807) is 37.5 Å². The van der Waals surface area contributed by atoms with Crippen LogP contribution in [0.4, 0.5) is 16.0 Å². The second kappa shape index (κ2) is 9.50. The van der Waals surface area contributed by atoms with E-state index in [9.17, 15) is 4.79 Å². The molecule has 1 amide bonds. The summed E-state index contributed by atoms with van der Waals surface area (Å²) in [6, 6.07) is 11.9. The number of halogens is 1. The van der Waals surface area contributed by atoms with Crippen LogP contribution < -0.4 is 15.8 Å². The summed E-state index contributed by atoms with van der Waals surface area (Å²) < 4.78 is 20.8. The number of aryl methyl sites for hydroxylation is 2. The third-order valence-corrected chi connectivity index (χ3v) is 5.79. The maximum Gasteiger partial charge on any atom is 0.322 e. The molecule has 0 aliphatic rings. The summed E-state index contributed by atoms with van der Waals surface area (Å²) in [5.41, 5.74) is 11.3. The van der Waals surface area contributed by atoms with E-state index in [1.165, 1.54) is 18.2 Å². The van der Waals surface area contributed by atoms with Gasteiger partial charge in [0.15, 0.2) is 17.4 Å². The Morgan fingerprint density at radius 3 is 2.70 bits per heavy atom. The van der Waals surface area contributed by atoms with Crippen LogP contribution in [0.25, 0.3) is 33.2 Å². The first-order chi connectivity index (χ1) is 17.8. The van der Waals surface area contributed by atoms with Gasteiger partial charge in [0.25, 0.3) is 0 Å². The predicted molar refractivity (Wildman–Crippen MR) is 140 cm³/mol. The lowest BCUT2D eigenvalue weighted by molar-refractivity contribution is -0.111. The van der Waals surface area contributed by atoms with Crippen LogP contribution in [-0.4, -0.2) is 31.1 Å². The highest BCUT2D eigenvalue weighted by atomic mass is 19.1. The number of H-pyrrole nitrogens is 1. The van der Waals surface area contributed by atoms with Crippen molar-refractivity contribution in [2.45, 2.75) is 13.8 Å². The lowest BCUT2D eigenvalue weighted by Crippen LogP contribution is -2.09. The fourth-order valence-corrected chi connectivity index (χ4v) is 4.06. The van der Waals surface area contributed by atoms with Crippen molar-refractivity contribution in [1.29, 1.82) is 0 Å². The number of pyridine rings is 1. The Balaban J connectivity index is 1.62. The smallest absolute Gasteiger partial charge is 0.322 e. The van der Waals surface area contributed by atoms with Crippen LogP contribution in [0.2, 0.25) is 0 Å². The molecule has 37 heavy (non-hydrogen) atoms. The molecule has 0 aliphatic heterocycles. The molecule has 184 valence electrons. The van der Waals surface area contributed by atoms with Gasteiger partial charge in [0.2, 0.25) is 5.91 Å². The van der Waals surface area contributed by atoms with Crippen molar-refractivity contribution in [3.05, 3.63) is 84.6 Å². The van der Waals surface area contributed by atoms with Crippen molar-refractivity contribution in [3.63, 3.8) is 0 Å². The minimum Gasteiger partial charge on any atom is -0.421 e. The lowest BCUT2D eigenvalue weighted by atomic mass is 9.90. The Bertz CT molecular complexity index is 1680. The van der Waals surface area contributed by atoms with Gasteiger partial charge in [-0.15, -0.1) is 0 Å². The van der Waals surface area contributed by atoms with Crippen LogP contribution in [-0.2, 0) is 4.79 Å². The summed E-state index contributed by atoms with van der Waals surface area (Å²) >= 11 is 0. The van der Waals surface area contributed by atoms with E-state index in [0.717, 1.165) is 16.7 Å². The molecule has 0 aliphatic carbocycles. The standard InChI is InChI=1S/C27H22FN7O2/c1-4-23(36)33-22-11-14(2)18(13-31-22)17-6-7-20-25(26(29)35-34-20)24(17)16-5-8-21(19(28)12-16)37-27-30-10-9-15(3)32-27/h4-13H,1H2,2-3H3,(H3,29,34,35)(H,31,33,36). The number of nitrogens with two attached hydrogens (primary N) is 1. The minimum absolute atomic E-state index is 0.0107. The molecule has 0 bridgehead atoms. The molecule has 5 aromatic rings. The molecule has 4 N–H and O–H groups in total. The van der Waals surface area contributed by atoms with E-state index in [0.29, 0.717) is 33.5 Å². The Morgan fingerprint density at radius 1 is 1.14 bits per heavy atom. The number of aromatic nitrogens is 5. The highest BCUT2D eigenvalue weighted by Gasteiger charge is 2.19. The fraction of sp³-hybridized carbons (Fsp3) is 0.0741. The fourth-order valence-electron chi connectivity index (χ4n) is 4.06. The molecule has 2 aromatic carbocycles. The highest BCUT2D eigenvalue weighted by Crippen LogP contribution is 2.42. The minimum atomic E-state index is -0.593. The predicted octanol–water partition coefficient (Wildman–Crippen LogP) is 5.34. The van der Waals surface area contributed by atoms with E-state index in [1.807, 2.05) is 19.1 Å². The summed E-state index contributed by atoms with van der Waals surface area (Å²) in [6.45, 7) is 7.14. The first-order valence-electron chi connectivity index (χ1n) is 11.3. The number of fused-ring (bicyclic) bond motifs is 1. The number of amides is 1. The molecule has 3 aromatic heterocycles. The third kappa shape index (κ3) is 4.59. The van der Waals surface area contributed by atoms with Crippen LogP contribution in [0.3, 0.4) is 0 Å². The maximum absolute atomic E-state index is 15.3. The Kier molecular flexibility index (Phi) is 6.06. The van der Waals surface area contributed by atoms with Crippen LogP contribution in [0.5, 0.6) is 11.8 Å². The van der Waals surface area contributed by atoms with Gasteiger partial charge >= 0.3 is 6.01 Å². The molecule has 0 unspecified atom stereocenters. The van der Waals surface area contributed by atoms with Crippen molar-refractivity contribution in [2.75, 3.05) is 11.1 Å². The zero-order chi connectivity index (χ0) is 26.1. The molecule has 0 atom stereocenters. The topological polar surface area (TPSA) is 132 Å². The number of carbonyl (C=O) groups is 1. The summed E-state index contributed by atoms with van der Waals surface area (Å²) in [7, 11) is 0. The molecule has 3 heterocycles. The molecular weight excluding hydrogens is 473 g/mol. The van der Waals surface area contributed by atoms with E-state index >= 15 is 4.39 Å². The molecule has 10 heteroatoms. The number of ether oxygens (including phenoxy) is 1. The van der Waals surface area contributed by atoms with Crippen molar-refractivity contribution in [1.82, 2.24) is 25.1 Å². The van der Waals surface area contributed by atoms with Gasteiger partial charge in [0.1, 0.15) is 5.82 Å². The number of nitrogens with zero attached hydrogens (tertiary/aromatic N) is 4. The van der Waals surface area contributed by atoms with Gasteiger partial charge in [0, 0.05) is 29.2 Å². The Morgan fingerprint density at radius 2 is 1.97 bits per heavy atom. The average molecular weight is 496 g/mol. The summed E-state index contributed by atoms with van der Waals surface area (Å²) in [6.07, 6.45) is 4.37. The number of hydrogen-bond donors (Lipinski definition) is 3. The van der Waals surface area contributed by atoms with Crippen LogP contribution in [0.1, 0.15) is 11.3 Å². The number of hydrogen-bond acceptors (Lipinski definition) is 7. The van der Waals surface area contributed by atoms with E-state index in [2.05, 4.69) is 37.0 Å². The molecule has 0 radical (unpaired) electrons. The van der Waals surface area contributed by atoms with Gasteiger partial charge in [-0.3, -0.25) is 9.89 Å². The number of carbonyl (C=O) groups excluding carboxylic acids is 1. The first-order valence-corrected chi connectivity index (χ1v) is 11.3.